The van der Waals surface area contributed by atoms with E-state index in [0.29, 0.717) is 16.7 Å². The van der Waals surface area contributed by atoms with Gasteiger partial charge in [0.1, 0.15) is 5.57 Å². The van der Waals surface area contributed by atoms with Crippen molar-refractivity contribution in [3.05, 3.63) is 69.8 Å². The molecule has 0 unspecified atom stereocenters. The zero-order chi connectivity index (χ0) is 18.9. The van der Waals surface area contributed by atoms with E-state index < -0.39 is 22.6 Å². The molecule has 0 spiro atoms. The molecular formula is C19H15NO6. The largest absolute Gasteiger partial charge is 0.419 e. The highest BCUT2D eigenvalue weighted by atomic mass is 16.7. The van der Waals surface area contributed by atoms with Crippen molar-refractivity contribution in [2.24, 2.45) is 0 Å². The number of benzene rings is 2. The molecule has 1 saturated heterocycles. The fourth-order valence-electron chi connectivity index (χ4n) is 2.58. The topological polar surface area (TPSA) is 95.7 Å². The third kappa shape index (κ3) is 3.46. The molecule has 0 aliphatic carbocycles. The molecule has 3 rings (SSSR count). The predicted octanol–water partition coefficient (Wildman–Crippen LogP) is 3.48. The molecule has 1 fully saturated rings. The van der Waals surface area contributed by atoms with Crippen LogP contribution in [0.4, 0.5) is 5.69 Å². The number of nitrogens with zero attached hydrogens (tertiary/aromatic N) is 1. The number of cyclic esters (lactones) is 2. The minimum absolute atomic E-state index is 0.0220. The molecule has 2 aromatic rings. The van der Waals surface area contributed by atoms with E-state index in [1.54, 1.807) is 36.4 Å². The van der Waals surface area contributed by atoms with Gasteiger partial charge in [-0.05, 0) is 34.9 Å². The molecule has 7 nitrogen and oxygen atoms in total. The van der Waals surface area contributed by atoms with Gasteiger partial charge in [-0.3, -0.25) is 10.1 Å². The average molecular weight is 353 g/mol. The van der Waals surface area contributed by atoms with Crippen LogP contribution in [0.15, 0.2) is 54.1 Å². The van der Waals surface area contributed by atoms with Crippen molar-refractivity contribution in [1.82, 2.24) is 0 Å². The van der Waals surface area contributed by atoms with Crippen LogP contribution in [0.2, 0.25) is 0 Å². The van der Waals surface area contributed by atoms with Crippen LogP contribution in [0.25, 0.3) is 17.2 Å². The molecule has 0 aromatic heterocycles. The maximum Gasteiger partial charge on any atom is 0.348 e. The molecule has 0 saturated carbocycles. The molecule has 1 aliphatic rings. The van der Waals surface area contributed by atoms with Crippen molar-refractivity contribution in [2.75, 3.05) is 0 Å². The van der Waals surface area contributed by atoms with Crippen LogP contribution in [0.1, 0.15) is 19.4 Å². The number of nitro groups is 1. The Balaban J connectivity index is 2.01. The van der Waals surface area contributed by atoms with Gasteiger partial charge in [-0.2, -0.15) is 0 Å². The van der Waals surface area contributed by atoms with Crippen molar-refractivity contribution < 1.29 is 24.0 Å². The van der Waals surface area contributed by atoms with Gasteiger partial charge < -0.3 is 9.47 Å². The van der Waals surface area contributed by atoms with Crippen LogP contribution < -0.4 is 0 Å². The second kappa shape index (κ2) is 6.44. The maximum atomic E-state index is 12.1. The highest BCUT2D eigenvalue weighted by molar-refractivity contribution is 6.19. The Kier molecular flexibility index (Phi) is 4.29. The van der Waals surface area contributed by atoms with Crippen LogP contribution in [0, 0.1) is 10.1 Å². The fraction of sp³-hybridized carbons (Fsp3) is 0.158. The third-order valence-electron chi connectivity index (χ3n) is 3.77. The molecule has 0 amide bonds. The summed E-state index contributed by atoms with van der Waals surface area (Å²) in [6, 6.07) is 13.1. The molecule has 0 bridgehead atoms. The summed E-state index contributed by atoms with van der Waals surface area (Å²) in [6.07, 6.45) is 1.40. The number of carbonyl (C=O) groups is 2. The van der Waals surface area contributed by atoms with E-state index in [2.05, 4.69) is 0 Å². The van der Waals surface area contributed by atoms with Crippen molar-refractivity contribution in [1.29, 1.82) is 0 Å². The lowest BCUT2D eigenvalue weighted by Gasteiger charge is -2.29. The first-order chi connectivity index (χ1) is 12.3. The molecular weight excluding hydrogens is 338 g/mol. The highest BCUT2D eigenvalue weighted by Gasteiger charge is 2.38. The Morgan fingerprint density at radius 2 is 1.54 bits per heavy atom. The SMILES string of the molecule is CC1(C)OC(=O)C(=Cc2ccccc2-c2ccc([N+](=O)[O-])cc2)C(=O)O1. The number of ether oxygens (including phenoxy) is 2. The van der Waals surface area contributed by atoms with Gasteiger partial charge in [0.05, 0.1) is 4.92 Å². The summed E-state index contributed by atoms with van der Waals surface area (Å²) in [4.78, 5) is 34.6. The highest BCUT2D eigenvalue weighted by Crippen LogP contribution is 2.29. The zero-order valence-electron chi connectivity index (χ0n) is 14.1. The Morgan fingerprint density at radius 3 is 2.12 bits per heavy atom. The molecule has 2 aromatic carbocycles. The van der Waals surface area contributed by atoms with Crippen molar-refractivity contribution in [3.8, 4) is 11.1 Å². The Bertz CT molecular complexity index is 905. The lowest BCUT2D eigenvalue weighted by atomic mass is 9.97. The van der Waals surface area contributed by atoms with Gasteiger partial charge in [0.2, 0.25) is 0 Å². The van der Waals surface area contributed by atoms with Crippen molar-refractivity contribution >= 4 is 23.7 Å². The minimum atomic E-state index is -1.30. The number of nitro benzene ring substituents is 1. The zero-order valence-corrected chi connectivity index (χ0v) is 14.1. The monoisotopic (exact) mass is 353 g/mol. The first-order valence-electron chi connectivity index (χ1n) is 7.79. The fourth-order valence-corrected chi connectivity index (χ4v) is 2.58. The summed E-state index contributed by atoms with van der Waals surface area (Å²) in [5.74, 6) is -2.82. The van der Waals surface area contributed by atoms with E-state index in [-0.39, 0.29) is 11.3 Å². The second-order valence-corrected chi connectivity index (χ2v) is 6.13. The summed E-state index contributed by atoms with van der Waals surface area (Å²) in [5, 5.41) is 10.8. The molecule has 1 heterocycles. The molecule has 26 heavy (non-hydrogen) atoms. The Labute approximate surface area is 149 Å². The number of rotatable bonds is 3. The van der Waals surface area contributed by atoms with E-state index in [4.69, 9.17) is 9.47 Å². The number of esters is 2. The number of non-ortho nitro benzene ring substituents is 1. The van der Waals surface area contributed by atoms with Crippen molar-refractivity contribution in [2.45, 2.75) is 19.6 Å². The van der Waals surface area contributed by atoms with Crippen molar-refractivity contribution in [3.63, 3.8) is 0 Å². The molecule has 7 heteroatoms. The summed E-state index contributed by atoms with van der Waals surface area (Å²) < 4.78 is 10.2. The first-order valence-corrected chi connectivity index (χ1v) is 7.79. The molecule has 0 radical (unpaired) electrons. The maximum absolute atomic E-state index is 12.1. The van der Waals surface area contributed by atoms with Gasteiger partial charge in [-0.1, -0.05) is 24.3 Å². The Hall–Kier alpha value is -3.48. The number of hydrogen-bond acceptors (Lipinski definition) is 6. The standard InChI is InChI=1S/C19H15NO6/c1-19(2)25-17(21)16(18(22)26-19)11-13-5-3-4-6-15(13)12-7-9-14(10-8-12)20(23)24/h3-11H,1-2H3. The predicted molar refractivity (Wildman–Crippen MR) is 92.8 cm³/mol. The number of carbonyl (C=O) groups excluding carboxylic acids is 2. The van der Waals surface area contributed by atoms with Gasteiger partial charge in [-0.25, -0.2) is 9.59 Å². The molecule has 132 valence electrons. The summed E-state index contributed by atoms with van der Waals surface area (Å²) >= 11 is 0. The van der Waals surface area contributed by atoms with E-state index in [9.17, 15) is 19.7 Å². The van der Waals surface area contributed by atoms with E-state index in [1.165, 1.54) is 32.1 Å². The normalized spacial score (nSPS) is 15.8. The van der Waals surface area contributed by atoms with E-state index in [0.717, 1.165) is 0 Å². The lowest BCUT2D eigenvalue weighted by molar-refractivity contribution is -0.384. The quantitative estimate of drug-likeness (QED) is 0.276. The lowest BCUT2D eigenvalue weighted by Crippen LogP contribution is -2.41. The summed E-state index contributed by atoms with van der Waals surface area (Å²) in [6.45, 7) is 2.95. The number of hydrogen-bond donors (Lipinski definition) is 0. The van der Waals surface area contributed by atoms with Gasteiger partial charge in [0.15, 0.2) is 0 Å². The van der Waals surface area contributed by atoms with Gasteiger partial charge >= 0.3 is 11.9 Å². The third-order valence-corrected chi connectivity index (χ3v) is 3.77. The van der Waals surface area contributed by atoms with Gasteiger partial charge in [0, 0.05) is 26.0 Å². The van der Waals surface area contributed by atoms with Crippen LogP contribution >= 0.6 is 0 Å². The van der Waals surface area contributed by atoms with Gasteiger partial charge in [-0.15, -0.1) is 0 Å². The van der Waals surface area contributed by atoms with Crippen LogP contribution in [-0.2, 0) is 19.1 Å². The molecule has 0 N–H and O–H groups in total. The van der Waals surface area contributed by atoms with Crippen LogP contribution in [0.5, 0.6) is 0 Å². The second-order valence-electron chi connectivity index (χ2n) is 6.13. The van der Waals surface area contributed by atoms with E-state index in [1.807, 2.05) is 0 Å². The smallest absolute Gasteiger partial charge is 0.348 e. The van der Waals surface area contributed by atoms with Gasteiger partial charge in [0.25, 0.3) is 11.5 Å². The van der Waals surface area contributed by atoms with Crippen LogP contribution in [-0.4, -0.2) is 22.6 Å². The average Bonchev–Trinajstić information content (AvgIpc) is 2.58. The summed E-state index contributed by atoms with van der Waals surface area (Å²) in [5.41, 5.74) is 1.77. The first kappa shape index (κ1) is 17.3. The Morgan fingerprint density at radius 1 is 0.962 bits per heavy atom. The molecule has 1 aliphatic heterocycles. The minimum Gasteiger partial charge on any atom is -0.419 e. The summed E-state index contributed by atoms with van der Waals surface area (Å²) in [7, 11) is 0. The molecule has 0 atom stereocenters. The van der Waals surface area contributed by atoms with Crippen LogP contribution in [0.3, 0.4) is 0 Å². The van der Waals surface area contributed by atoms with E-state index >= 15 is 0 Å².